The lowest BCUT2D eigenvalue weighted by molar-refractivity contribution is -0.384. The average Bonchev–Trinajstić information content (AvgIpc) is 2.96. The molecule has 0 spiro atoms. The van der Waals surface area contributed by atoms with Crippen molar-refractivity contribution < 1.29 is 14.4 Å². The summed E-state index contributed by atoms with van der Waals surface area (Å²) in [4.78, 5) is 14.8. The zero-order valence-corrected chi connectivity index (χ0v) is 16.3. The molecule has 0 aromatic heterocycles. The summed E-state index contributed by atoms with van der Waals surface area (Å²) in [6, 6.07) is 12.0. The number of nitro benzene ring substituents is 1. The van der Waals surface area contributed by atoms with Crippen LogP contribution in [0.2, 0.25) is 0 Å². The molecule has 0 atom stereocenters. The van der Waals surface area contributed by atoms with Crippen molar-refractivity contribution in [3.63, 3.8) is 0 Å². The Kier molecular flexibility index (Phi) is 7.10. The van der Waals surface area contributed by atoms with Gasteiger partial charge in [0.05, 0.1) is 24.7 Å². The maximum atomic E-state index is 10.7. The van der Waals surface area contributed by atoms with E-state index in [1.54, 1.807) is 12.1 Å². The first-order valence-electron chi connectivity index (χ1n) is 9.59. The van der Waals surface area contributed by atoms with E-state index in [1.807, 2.05) is 25.1 Å². The first-order valence-corrected chi connectivity index (χ1v) is 9.59. The molecule has 0 saturated carbocycles. The van der Waals surface area contributed by atoms with Gasteiger partial charge in [0.1, 0.15) is 0 Å². The van der Waals surface area contributed by atoms with Crippen LogP contribution in [-0.4, -0.2) is 43.7 Å². The number of anilines is 2. The van der Waals surface area contributed by atoms with E-state index < -0.39 is 4.92 Å². The molecule has 154 valence electrons. The van der Waals surface area contributed by atoms with Crippen LogP contribution in [0.4, 0.5) is 17.1 Å². The lowest BCUT2D eigenvalue weighted by Gasteiger charge is -2.14. The molecular formula is C20H25N5O4. The Morgan fingerprint density at radius 3 is 2.55 bits per heavy atom. The van der Waals surface area contributed by atoms with Crippen LogP contribution in [0.25, 0.3) is 0 Å². The van der Waals surface area contributed by atoms with E-state index in [4.69, 9.17) is 9.47 Å². The minimum atomic E-state index is -0.415. The summed E-state index contributed by atoms with van der Waals surface area (Å²) in [6.45, 7) is 5.14. The van der Waals surface area contributed by atoms with Gasteiger partial charge in [-0.25, -0.2) is 0 Å². The van der Waals surface area contributed by atoms with E-state index in [2.05, 4.69) is 20.9 Å². The fraction of sp³-hybridized carbons (Fsp3) is 0.350. The third kappa shape index (κ3) is 6.00. The van der Waals surface area contributed by atoms with Crippen molar-refractivity contribution in [1.29, 1.82) is 0 Å². The van der Waals surface area contributed by atoms with E-state index in [-0.39, 0.29) is 5.69 Å². The first kappa shape index (κ1) is 20.2. The zero-order valence-electron chi connectivity index (χ0n) is 16.3. The molecule has 0 bridgehead atoms. The number of aliphatic imine (C=N–C) groups is 1. The summed E-state index contributed by atoms with van der Waals surface area (Å²) in [5.41, 5.74) is 1.74. The molecule has 9 nitrogen and oxygen atoms in total. The first-order chi connectivity index (χ1) is 14.2. The number of rotatable bonds is 7. The number of hydrogen-bond acceptors (Lipinski definition) is 6. The molecule has 9 heteroatoms. The van der Waals surface area contributed by atoms with Gasteiger partial charge in [0.15, 0.2) is 17.5 Å². The van der Waals surface area contributed by atoms with Gasteiger partial charge in [-0.2, -0.15) is 0 Å². The molecule has 0 amide bonds. The van der Waals surface area contributed by atoms with Crippen LogP contribution in [0.3, 0.4) is 0 Å². The second-order valence-electron chi connectivity index (χ2n) is 6.33. The molecule has 2 aromatic carbocycles. The number of nitro groups is 1. The monoisotopic (exact) mass is 399 g/mol. The fourth-order valence-electron chi connectivity index (χ4n) is 2.75. The molecule has 0 aliphatic carbocycles. The van der Waals surface area contributed by atoms with Crippen LogP contribution in [0, 0.1) is 10.1 Å². The second kappa shape index (κ2) is 10.2. The smallest absolute Gasteiger partial charge is 0.269 e. The fourth-order valence-corrected chi connectivity index (χ4v) is 2.75. The Balaban J connectivity index is 1.55. The van der Waals surface area contributed by atoms with Gasteiger partial charge in [-0.15, -0.1) is 0 Å². The number of nitrogens with zero attached hydrogens (tertiary/aromatic N) is 2. The summed E-state index contributed by atoms with van der Waals surface area (Å²) >= 11 is 0. The molecule has 1 aliphatic rings. The number of non-ortho nitro benzene ring substituents is 1. The van der Waals surface area contributed by atoms with Gasteiger partial charge in [0.2, 0.25) is 0 Å². The SMILES string of the molecule is CCNC(=NCCNc1ccc([N+](=O)[O-])cc1)Nc1ccc2c(c1)OCCCO2. The molecule has 1 heterocycles. The summed E-state index contributed by atoms with van der Waals surface area (Å²) in [5.74, 6) is 2.14. The highest BCUT2D eigenvalue weighted by atomic mass is 16.6. The average molecular weight is 399 g/mol. The number of fused-ring (bicyclic) bond motifs is 1. The molecule has 0 unspecified atom stereocenters. The predicted octanol–water partition coefficient (Wildman–Crippen LogP) is 3.25. The van der Waals surface area contributed by atoms with Gasteiger partial charge in [-0.1, -0.05) is 0 Å². The van der Waals surface area contributed by atoms with Crippen LogP contribution < -0.4 is 25.4 Å². The number of ether oxygens (including phenoxy) is 2. The van der Waals surface area contributed by atoms with Gasteiger partial charge < -0.3 is 25.4 Å². The third-order valence-corrected chi connectivity index (χ3v) is 4.14. The van der Waals surface area contributed by atoms with E-state index in [1.165, 1.54) is 12.1 Å². The molecule has 0 radical (unpaired) electrons. The Morgan fingerprint density at radius 2 is 1.83 bits per heavy atom. The summed E-state index contributed by atoms with van der Waals surface area (Å²) in [5, 5.41) is 20.4. The summed E-state index contributed by atoms with van der Waals surface area (Å²) in [6.07, 6.45) is 0.864. The minimum absolute atomic E-state index is 0.0716. The zero-order chi connectivity index (χ0) is 20.5. The van der Waals surface area contributed by atoms with Crippen molar-refractivity contribution in [3.8, 4) is 11.5 Å². The molecule has 3 N–H and O–H groups in total. The maximum absolute atomic E-state index is 10.7. The Morgan fingerprint density at radius 1 is 1.10 bits per heavy atom. The van der Waals surface area contributed by atoms with E-state index in [0.717, 1.165) is 35.8 Å². The minimum Gasteiger partial charge on any atom is -0.490 e. The van der Waals surface area contributed by atoms with E-state index >= 15 is 0 Å². The number of nitrogens with one attached hydrogen (secondary N) is 3. The number of hydrogen-bond donors (Lipinski definition) is 3. The van der Waals surface area contributed by atoms with Crippen molar-refractivity contribution in [2.45, 2.75) is 13.3 Å². The van der Waals surface area contributed by atoms with Crippen LogP contribution in [-0.2, 0) is 0 Å². The number of guanidine groups is 1. The van der Waals surface area contributed by atoms with Crippen molar-refractivity contribution in [3.05, 3.63) is 52.6 Å². The topological polar surface area (TPSA) is 110 Å². The van der Waals surface area contributed by atoms with Gasteiger partial charge in [-0.3, -0.25) is 15.1 Å². The second-order valence-corrected chi connectivity index (χ2v) is 6.33. The highest BCUT2D eigenvalue weighted by Gasteiger charge is 2.11. The van der Waals surface area contributed by atoms with Gasteiger partial charge in [-0.05, 0) is 31.2 Å². The largest absolute Gasteiger partial charge is 0.490 e. The molecular weight excluding hydrogens is 374 g/mol. The molecule has 0 fully saturated rings. The Bertz CT molecular complexity index is 854. The third-order valence-electron chi connectivity index (χ3n) is 4.14. The van der Waals surface area contributed by atoms with Gasteiger partial charge in [0, 0.05) is 49.1 Å². The lowest BCUT2D eigenvalue weighted by atomic mass is 10.3. The van der Waals surface area contributed by atoms with Crippen molar-refractivity contribution in [2.24, 2.45) is 4.99 Å². The summed E-state index contributed by atoms with van der Waals surface area (Å²) < 4.78 is 11.4. The van der Waals surface area contributed by atoms with Crippen LogP contribution >= 0.6 is 0 Å². The highest BCUT2D eigenvalue weighted by molar-refractivity contribution is 5.93. The molecule has 0 saturated heterocycles. The molecule has 3 rings (SSSR count). The predicted molar refractivity (Wildman–Crippen MR) is 113 cm³/mol. The quantitative estimate of drug-likeness (QED) is 0.215. The van der Waals surface area contributed by atoms with E-state index in [0.29, 0.717) is 32.3 Å². The highest BCUT2D eigenvalue weighted by Crippen LogP contribution is 2.32. The summed E-state index contributed by atoms with van der Waals surface area (Å²) in [7, 11) is 0. The van der Waals surface area contributed by atoms with E-state index in [9.17, 15) is 10.1 Å². The van der Waals surface area contributed by atoms with Gasteiger partial charge >= 0.3 is 0 Å². The Labute approximate surface area is 169 Å². The Hall–Kier alpha value is -3.49. The normalized spacial score (nSPS) is 13.3. The molecule has 29 heavy (non-hydrogen) atoms. The van der Waals surface area contributed by atoms with Crippen LogP contribution in [0.15, 0.2) is 47.5 Å². The van der Waals surface area contributed by atoms with Crippen LogP contribution in [0.1, 0.15) is 13.3 Å². The lowest BCUT2D eigenvalue weighted by Crippen LogP contribution is -2.31. The standard InChI is InChI=1S/C20H25N5O4/c1-2-21-20(23-11-10-22-15-4-7-17(8-5-15)25(26)27)24-16-6-9-18-19(14-16)29-13-3-12-28-18/h4-9,14,22H,2-3,10-13H2,1H3,(H2,21,23,24). The van der Waals surface area contributed by atoms with Crippen molar-refractivity contribution in [1.82, 2.24) is 5.32 Å². The molecule has 2 aromatic rings. The van der Waals surface area contributed by atoms with Crippen LogP contribution in [0.5, 0.6) is 11.5 Å². The van der Waals surface area contributed by atoms with Crippen molar-refractivity contribution >= 4 is 23.0 Å². The maximum Gasteiger partial charge on any atom is 0.269 e. The number of benzene rings is 2. The van der Waals surface area contributed by atoms with Crippen molar-refractivity contribution in [2.75, 3.05) is 43.5 Å². The van der Waals surface area contributed by atoms with Gasteiger partial charge in [0.25, 0.3) is 5.69 Å². The molecule has 1 aliphatic heterocycles.